The third kappa shape index (κ3) is 4.29. The lowest BCUT2D eigenvalue weighted by Gasteiger charge is -2.11. The zero-order valence-corrected chi connectivity index (χ0v) is 14.6. The van der Waals surface area contributed by atoms with E-state index in [1.54, 1.807) is 0 Å². The van der Waals surface area contributed by atoms with Gasteiger partial charge in [0.2, 0.25) is 0 Å². The Hall–Kier alpha value is -2.40. The Morgan fingerprint density at radius 2 is 1.43 bits per heavy atom. The largest absolute Gasteiger partial charge is 0.340 e. The molecule has 1 aromatic heterocycles. The summed E-state index contributed by atoms with van der Waals surface area (Å²) in [5.41, 5.74) is 3.19. The summed E-state index contributed by atoms with van der Waals surface area (Å²) >= 11 is 3.43. The van der Waals surface area contributed by atoms with Crippen LogP contribution < -0.4 is 10.6 Å². The van der Waals surface area contributed by atoms with E-state index in [2.05, 4.69) is 55.6 Å². The maximum atomic E-state index is 4.44. The predicted octanol–water partition coefficient (Wildman–Crippen LogP) is 5.34. The molecule has 2 N–H and O–H groups in total. The Morgan fingerprint density at radius 1 is 0.783 bits per heavy atom. The molecule has 0 fully saturated rings. The molecule has 0 amide bonds. The van der Waals surface area contributed by atoms with E-state index in [0.717, 1.165) is 27.5 Å². The standard InChI is InChI=1S/C18H17BrN4/c1-12-4-3-5-16(10-12)23-18-11-17(20-13(2)21-18)22-15-8-6-14(19)7-9-15/h3-11H,1-2H3,(H2,20,21,22,23). The molecule has 0 saturated carbocycles. The molecule has 0 spiro atoms. The molecular formula is C18H17BrN4. The van der Waals surface area contributed by atoms with E-state index in [1.807, 2.05) is 49.4 Å². The van der Waals surface area contributed by atoms with E-state index in [0.29, 0.717) is 5.82 Å². The van der Waals surface area contributed by atoms with E-state index in [-0.39, 0.29) is 0 Å². The van der Waals surface area contributed by atoms with Crippen molar-refractivity contribution in [2.75, 3.05) is 10.6 Å². The number of nitrogens with zero attached hydrogens (tertiary/aromatic N) is 2. The van der Waals surface area contributed by atoms with Crippen LogP contribution in [0, 0.1) is 13.8 Å². The average Bonchev–Trinajstić information content (AvgIpc) is 2.49. The second-order valence-corrected chi connectivity index (χ2v) is 6.23. The number of nitrogens with one attached hydrogen (secondary N) is 2. The van der Waals surface area contributed by atoms with E-state index < -0.39 is 0 Å². The molecule has 1 heterocycles. The van der Waals surface area contributed by atoms with Crippen LogP contribution in [0.1, 0.15) is 11.4 Å². The first-order chi connectivity index (χ1) is 11.1. The molecule has 0 saturated heterocycles. The molecule has 2 aromatic carbocycles. The quantitative estimate of drug-likeness (QED) is 0.652. The van der Waals surface area contributed by atoms with Crippen LogP contribution >= 0.6 is 15.9 Å². The highest BCUT2D eigenvalue weighted by Gasteiger charge is 2.03. The minimum atomic E-state index is 0.710. The number of aryl methyl sites for hydroxylation is 2. The molecule has 3 aromatic rings. The van der Waals surface area contributed by atoms with Crippen molar-refractivity contribution in [3.05, 3.63) is 70.5 Å². The molecule has 0 radical (unpaired) electrons. The van der Waals surface area contributed by atoms with Crippen molar-refractivity contribution in [1.82, 2.24) is 9.97 Å². The number of rotatable bonds is 4. The van der Waals surface area contributed by atoms with Crippen LogP contribution in [0.25, 0.3) is 0 Å². The minimum Gasteiger partial charge on any atom is -0.340 e. The maximum absolute atomic E-state index is 4.44. The van der Waals surface area contributed by atoms with Gasteiger partial charge in [-0.05, 0) is 55.8 Å². The smallest absolute Gasteiger partial charge is 0.136 e. The zero-order valence-electron chi connectivity index (χ0n) is 13.0. The fourth-order valence-electron chi connectivity index (χ4n) is 2.25. The highest BCUT2D eigenvalue weighted by Crippen LogP contribution is 2.22. The van der Waals surface area contributed by atoms with Gasteiger partial charge in [-0.2, -0.15) is 0 Å². The van der Waals surface area contributed by atoms with Gasteiger partial charge < -0.3 is 10.6 Å². The van der Waals surface area contributed by atoms with E-state index >= 15 is 0 Å². The lowest BCUT2D eigenvalue weighted by Crippen LogP contribution is -2.01. The van der Waals surface area contributed by atoms with Crippen LogP contribution in [0.3, 0.4) is 0 Å². The van der Waals surface area contributed by atoms with Crippen LogP contribution in [-0.2, 0) is 0 Å². The lowest BCUT2D eigenvalue weighted by atomic mass is 10.2. The van der Waals surface area contributed by atoms with Crippen molar-refractivity contribution in [1.29, 1.82) is 0 Å². The first-order valence-electron chi connectivity index (χ1n) is 7.30. The van der Waals surface area contributed by atoms with Gasteiger partial charge in [0.05, 0.1) is 0 Å². The monoisotopic (exact) mass is 368 g/mol. The number of aromatic nitrogens is 2. The van der Waals surface area contributed by atoms with Gasteiger partial charge in [0, 0.05) is 21.9 Å². The summed E-state index contributed by atoms with van der Waals surface area (Å²) in [5.74, 6) is 2.24. The third-order valence-electron chi connectivity index (χ3n) is 3.25. The molecule has 0 unspecified atom stereocenters. The Bertz CT molecular complexity index is 816. The third-order valence-corrected chi connectivity index (χ3v) is 3.77. The van der Waals surface area contributed by atoms with Gasteiger partial charge in [-0.1, -0.05) is 28.1 Å². The lowest BCUT2D eigenvalue weighted by molar-refractivity contribution is 1.06. The van der Waals surface area contributed by atoms with Gasteiger partial charge >= 0.3 is 0 Å². The highest BCUT2D eigenvalue weighted by atomic mass is 79.9. The van der Waals surface area contributed by atoms with Crippen LogP contribution in [-0.4, -0.2) is 9.97 Å². The molecule has 0 aliphatic heterocycles. The number of hydrogen-bond acceptors (Lipinski definition) is 4. The molecule has 0 aliphatic rings. The molecule has 0 atom stereocenters. The van der Waals surface area contributed by atoms with Gasteiger partial charge in [-0.15, -0.1) is 0 Å². The summed E-state index contributed by atoms with van der Waals surface area (Å²) in [6.07, 6.45) is 0. The molecule has 116 valence electrons. The summed E-state index contributed by atoms with van der Waals surface area (Å²) in [6, 6.07) is 18.1. The molecule has 23 heavy (non-hydrogen) atoms. The molecular weight excluding hydrogens is 352 g/mol. The van der Waals surface area contributed by atoms with Gasteiger partial charge in [0.25, 0.3) is 0 Å². The van der Waals surface area contributed by atoms with Crippen molar-refractivity contribution < 1.29 is 0 Å². The van der Waals surface area contributed by atoms with Crippen LogP contribution in [0.5, 0.6) is 0 Å². The summed E-state index contributed by atoms with van der Waals surface area (Å²) in [6.45, 7) is 3.95. The number of anilines is 4. The van der Waals surface area contributed by atoms with Crippen molar-refractivity contribution in [3.63, 3.8) is 0 Å². The summed E-state index contributed by atoms with van der Waals surface area (Å²) in [5, 5.41) is 6.62. The first kappa shape index (κ1) is 15.5. The summed E-state index contributed by atoms with van der Waals surface area (Å²) in [7, 11) is 0. The second kappa shape index (κ2) is 6.79. The SMILES string of the molecule is Cc1cccc(Nc2cc(Nc3ccc(Br)cc3)nc(C)n2)c1. The Balaban J connectivity index is 1.82. The average molecular weight is 369 g/mol. The Morgan fingerprint density at radius 3 is 2.09 bits per heavy atom. The molecule has 4 nitrogen and oxygen atoms in total. The fourth-order valence-corrected chi connectivity index (χ4v) is 2.51. The molecule has 5 heteroatoms. The highest BCUT2D eigenvalue weighted by molar-refractivity contribution is 9.10. The second-order valence-electron chi connectivity index (χ2n) is 5.31. The number of hydrogen-bond donors (Lipinski definition) is 2. The van der Waals surface area contributed by atoms with Gasteiger partial charge in [-0.3, -0.25) is 0 Å². The van der Waals surface area contributed by atoms with E-state index in [9.17, 15) is 0 Å². The minimum absolute atomic E-state index is 0.710. The van der Waals surface area contributed by atoms with Crippen molar-refractivity contribution >= 4 is 38.9 Å². The molecule has 3 rings (SSSR count). The van der Waals surface area contributed by atoms with E-state index in [1.165, 1.54) is 5.56 Å². The maximum Gasteiger partial charge on any atom is 0.136 e. The zero-order chi connectivity index (χ0) is 16.2. The van der Waals surface area contributed by atoms with Crippen molar-refractivity contribution in [2.24, 2.45) is 0 Å². The van der Waals surface area contributed by atoms with Crippen LogP contribution in [0.4, 0.5) is 23.0 Å². The summed E-state index contributed by atoms with van der Waals surface area (Å²) < 4.78 is 1.05. The summed E-state index contributed by atoms with van der Waals surface area (Å²) in [4.78, 5) is 8.88. The van der Waals surface area contributed by atoms with Crippen molar-refractivity contribution in [2.45, 2.75) is 13.8 Å². The fraction of sp³-hybridized carbons (Fsp3) is 0.111. The van der Waals surface area contributed by atoms with Crippen LogP contribution in [0.2, 0.25) is 0 Å². The first-order valence-corrected chi connectivity index (χ1v) is 8.10. The Kier molecular flexibility index (Phi) is 4.57. The number of halogens is 1. The van der Waals surface area contributed by atoms with E-state index in [4.69, 9.17) is 0 Å². The topological polar surface area (TPSA) is 49.8 Å². The number of benzene rings is 2. The van der Waals surface area contributed by atoms with Gasteiger partial charge in [0.15, 0.2) is 0 Å². The van der Waals surface area contributed by atoms with Crippen molar-refractivity contribution in [3.8, 4) is 0 Å². The van der Waals surface area contributed by atoms with Gasteiger partial charge in [-0.25, -0.2) is 9.97 Å². The normalized spacial score (nSPS) is 10.4. The molecule has 0 bridgehead atoms. The predicted molar refractivity (Wildman–Crippen MR) is 98.7 cm³/mol. The van der Waals surface area contributed by atoms with Gasteiger partial charge in [0.1, 0.15) is 17.5 Å². The Labute approximate surface area is 144 Å². The van der Waals surface area contributed by atoms with Crippen LogP contribution in [0.15, 0.2) is 59.1 Å². The molecule has 0 aliphatic carbocycles.